The molecule has 0 saturated heterocycles. The molecule has 1 heterocycles. The fourth-order valence-electron chi connectivity index (χ4n) is 2.87. The lowest BCUT2D eigenvalue weighted by Crippen LogP contribution is -2.28. The number of para-hydroxylation sites is 1. The zero-order valence-electron chi connectivity index (χ0n) is 15.6. The number of aromatic amines is 1. The van der Waals surface area contributed by atoms with Crippen LogP contribution in [-0.4, -0.2) is 35.2 Å². The number of nitrogens with one attached hydrogen (secondary N) is 1. The number of hydrogen-bond acceptors (Lipinski definition) is 5. The van der Waals surface area contributed by atoms with Crippen LogP contribution in [0.4, 0.5) is 0 Å². The monoisotopic (exact) mass is 357 g/mol. The molecular formula is C20H23NO5. The number of ketones is 2. The average Bonchev–Trinajstić information content (AvgIpc) is 2.87. The predicted octanol–water partition coefficient (Wildman–Crippen LogP) is 3.34. The number of carbonyl (C=O) groups is 3. The molecule has 1 aromatic carbocycles. The van der Waals surface area contributed by atoms with Crippen molar-refractivity contribution in [2.24, 2.45) is 0 Å². The van der Waals surface area contributed by atoms with Crippen molar-refractivity contribution in [2.75, 3.05) is 6.61 Å². The second kappa shape index (κ2) is 7.99. The van der Waals surface area contributed by atoms with Gasteiger partial charge in [0.15, 0.2) is 18.5 Å². The Morgan fingerprint density at radius 2 is 1.77 bits per heavy atom. The summed E-state index contributed by atoms with van der Waals surface area (Å²) < 4.78 is 10.6. The van der Waals surface area contributed by atoms with Gasteiger partial charge < -0.3 is 14.5 Å². The van der Waals surface area contributed by atoms with Crippen LogP contribution in [0.1, 0.15) is 51.5 Å². The van der Waals surface area contributed by atoms with Crippen LogP contribution in [0.15, 0.2) is 24.3 Å². The number of esters is 1. The first-order chi connectivity index (χ1) is 12.2. The number of rotatable bonds is 7. The summed E-state index contributed by atoms with van der Waals surface area (Å²) in [6.45, 7) is 7.96. The van der Waals surface area contributed by atoms with E-state index < -0.39 is 12.1 Å². The van der Waals surface area contributed by atoms with Crippen LogP contribution < -0.4 is 4.74 Å². The summed E-state index contributed by atoms with van der Waals surface area (Å²) in [5, 5.41) is 0. The number of aryl methyl sites for hydroxylation is 2. The maximum absolute atomic E-state index is 12.6. The molecule has 0 amide bonds. The van der Waals surface area contributed by atoms with Gasteiger partial charge in [-0.3, -0.25) is 9.59 Å². The Bertz CT molecular complexity index is 850. The fourth-order valence-corrected chi connectivity index (χ4v) is 2.87. The maximum atomic E-state index is 12.6. The molecule has 0 aliphatic rings. The minimum Gasteiger partial charge on any atom is -0.482 e. The van der Waals surface area contributed by atoms with Gasteiger partial charge in [0.2, 0.25) is 5.78 Å². The Morgan fingerprint density at radius 1 is 1.12 bits per heavy atom. The first-order valence-corrected chi connectivity index (χ1v) is 8.34. The van der Waals surface area contributed by atoms with E-state index in [1.807, 2.05) is 25.1 Å². The molecule has 0 bridgehead atoms. The molecule has 1 aromatic heterocycles. The van der Waals surface area contributed by atoms with Crippen molar-refractivity contribution in [1.82, 2.24) is 4.98 Å². The molecular weight excluding hydrogens is 334 g/mol. The van der Waals surface area contributed by atoms with Gasteiger partial charge in [0.25, 0.3) is 0 Å². The number of aromatic nitrogens is 1. The quantitative estimate of drug-likeness (QED) is 0.607. The summed E-state index contributed by atoms with van der Waals surface area (Å²) in [7, 11) is 0. The van der Waals surface area contributed by atoms with E-state index in [1.54, 1.807) is 19.9 Å². The van der Waals surface area contributed by atoms with E-state index in [9.17, 15) is 14.4 Å². The lowest BCUT2D eigenvalue weighted by atomic mass is 10.0. The normalized spacial score (nSPS) is 11.7. The topological polar surface area (TPSA) is 85.5 Å². The number of hydrogen-bond donors (Lipinski definition) is 1. The molecule has 0 aliphatic heterocycles. The second-order valence-electron chi connectivity index (χ2n) is 6.23. The van der Waals surface area contributed by atoms with Gasteiger partial charge in [0.05, 0.1) is 5.69 Å². The Kier molecular flexibility index (Phi) is 5.97. The van der Waals surface area contributed by atoms with Crippen LogP contribution in [0.2, 0.25) is 0 Å². The fraction of sp³-hybridized carbons (Fsp3) is 0.350. The molecule has 0 aliphatic carbocycles. The van der Waals surface area contributed by atoms with Crippen LogP contribution in [-0.2, 0) is 9.53 Å². The molecule has 2 aromatic rings. The minimum atomic E-state index is -0.987. The summed E-state index contributed by atoms with van der Waals surface area (Å²) in [4.78, 5) is 39.1. The summed E-state index contributed by atoms with van der Waals surface area (Å²) in [5.74, 6) is -0.555. The number of H-pyrrole nitrogens is 1. The lowest BCUT2D eigenvalue weighted by molar-refractivity contribution is -0.148. The third-order valence-electron chi connectivity index (χ3n) is 4.15. The minimum absolute atomic E-state index is 0.119. The third-order valence-corrected chi connectivity index (χ3v) is 4.15. The van der Waals surface area contributed by atoms with Crippen molar-refractivity contribution in [1.29, 1.82) is 0 Å². The maximum Gasteiger partial charge on any atom is 0.344 e. The zero-order chi connectivity index (χ0) is 19.4. The van der Waals surface area contributed by atoms with Crippen LogP contribution in [0.25, 0.3) is 0 Å². The van der Waals surface area contributed by atoms with Crippen molar-refractivity contribution in [3.05, 3.63) is 52.3 Å². The number of carbonyl (C=O) groups excluding carboxylic acids is 3. The van der Waals surface area contributed by atoms with Crippen LogP contribution in [0, 0.1) is 20.8 Å². The first kappa shape index (κ1) is 19.4. The van der Waals surface area contributed by atoms with Crippen molar-refractivity contribution >= 4 is 17.5 Å². The molecule has 138 valence electrons. The van der Waals surface area contributed by atoms with Gasteiger partial charge in [-0.1, -0.05) is 18.2 Å². The molecule has 0 fully saturated rings. The average molecular weight is 357 g/mol. The van der Waals surface area contributed by atoms with Crippen LogP contribution in [0.5, 0.6) is 5.75 Å². The largest absolute Gasteiger partial charge is 0.482 e. The van der Waals surface area contributed by atoms with E-state index in [0.29, 0.717) is 22.6 Å². The Morgan fingerprint density at radius 3 is 2.35 bits per heavy atom. The second-order valence-corrected chi connectivity index (χ2v) is 6.23. The van der Waals surface area contributed by atoms with Gasteiger partial charge in [0.1, 0.15) is 5.75 Å². The van der Waals surface area contributed by atoms with Crippen molar-refractivity contribution in [3.8, 4) is 5.75 Å². The number of Topliss-reactive ketones (excluding diaryl/α,β-unsaturated/α-hetero) is 2. The van der Waals surface area contributed by atoms with Gasteiger partial charge in [0, 0.05) is 11.3 Å². The van der Waals surface area contributed by atoms with Crippen LogP contribution in [0.3, 0.4) is 0 Å². The highest BCUT2D eigenvalue weighted by molar-refractivity contribution is 6.05. The van der Waals surface area contributed by atoms with Crippen molar-refractivity contribution in [2.45, 2.75) is 40.7 Å². The molecule has 6 heteroatoms. The van der Waals surface area contributed by atoms with E-state index in [1.165, 1.54) is 13.8 Å². The van der Waals surface area contributed by atoms with E-state index in [0.717, 1.165) is 5.56 Å². The zero-order valence-corrected chi connectivity index (χ0v) is 15.6. The van der Waals surface area contributed by atoms with Gasteiger partial charge in [-0.15, -0.1) is 0 Å². The highest BCUT2D eigenvalue weighted by Crippen LogP contribution is 2.20. The van der Waals surface area contributed by atoms with Gasteiger partial charge in [-0.05, 0) is 51.8 Å². The van der Waals surface area contributed by atoms with E-state index in [4.69, 9.17) is 9.47 Å². The van der Waals surface area contributed by atoms with Crippen LogP contribution >= 0.6 is 0 Å². The molecule has 0 spiro atoms. The molecule has 0 radical (unpaired) electrons. The Balaban J connectivity index is 2.01. The molecule has 0 unspecified atom stereocenters. The van der Waals surface area contributed by atoms with Crippen molar-refractivity contribution in [3.63, 3.8) is 0 Å². The Labute approximate surface area is 152 Å². The first-order valence-electron chi connectivity index (χ1n) is 8.34. The van der Waals surface area contributed by atoms with E-state index in [2.05, 4.69) is 4.98 Å². The standard InChI is InChI=1S/C20H23NO5/c1-11-8-6-7-9-16(11)25-10-17(23)26-15(5)20(24)19-12(2)18(14(4)22)13(3)21-19/h6-9,15,21H,10H2,1-5H3/t15-/m0/s1. The molecule has 26 heavy (non-hydrogen) atoms. The smallest absolute Gasteiger partial charge is 0.344 e. The van der Waals surface area contributed by atoms with Crippen molar-refractivity contribution < 1.29 is 23.9 Å². The molecule has 0 saturated carbocycles. The summed E-state index contributed by atoms with van der Waals surface area (Å²) in [6, 6.07) is 7.31. The number of benzene rings is 1. The van der Waals surface area contributed by atoms with E-state index >= 15 is 0 Å². The van der Waals surface area contributed by atoms with Gasteiger partial charge in [-0.2, -0.15) is 0 Å². The van der Waals surface area contributed by atoms with E-state index in [-0.39, 0.29) is 23.9 Å². The summed E-state index contributed by atoms with van der Waals surface area (Å²) >= 11 is 0. The highest BCUT2D eigenvalue weighted by atomic mass is 16.6. The summed E-state index contributed by atoms with van der Waals surface area (Å²) in [6.07, 6.45) is -0.987. The molecule has 1 atom stereocenters. The third kappa shape index (κ3) is 4.20. The SMILES string of the molecule is CC(=O)c1c(C)[nH]c(C(=O)[C@H](C)OC(=O)COc2ccccc2C)c1C. The molecule has 1 N–H and O–H groups in total. The number of ether oxygens (including phenoxy) is 2. The van der Waals surface area contributed by atoms with Gasteiger partial charge in [-0.25, -0.2) is 4.79 Å². The lowest BCUT2D eigenvalue weighted by Gasteiger charge is -2.13. The predicted molar refractivity (Wildman–Crippen MR) is 96.8 cm³/mol. The molecule has 6 nitrogen and oxygen atoms in total. The Hall–Kier alpha value is -2.89. The molecule has 2 rings (SSSR count). The summed E-state index contributed by atoms with van der Waals surface area (Å²) in [5.41, 5.74) is 2.88. The van der Waals surface area contributed by atoms with Gasteiger partial charge >= 0.3 is 5.97 Å². The highest BCUT2D eigenvalue weighted by Gasteiger charge is 2.26.